The van der Waals surface area contributed by atoms with E-state index in [1.807, 2.05) is 58.0 Å². The van der Waals surface area contributed by atoms with Crippen LogP contribution in [0.4, 0.5) is 0 Å². The number of carbonyl (C=O) groups excluding carboxylic acids is 3. The van der Waals surface area contributed by atoms with Crippen LogP contribution in [0.25, 0.3) is 0 Å². The number of aryl methyl sites for hydroxylation is 1. The average Bonchev–Trinajstić information content (AvgIpc) is 2.86. The minimum absolute atomic E-state index is 0.0208. The summed E-state index contributed by atoms with van der Waals surface area (Å²) in [6, 6.07) is 13.8. The number of nitrogens with one attached hydrogen (secondary N) is 2. The van der Waals surface area contributed by atoms with Crippen LogP contribution in [-0.2, 0) is 4.79 Å². The summed E-state index contributed by atoms with van der Waals surface area (Å²) in [5.41, 5.74) is 1.95. The molecule has 0 saturated carbocycles. The fourth-order valence-electron chi connectivity index (χ4n) is 4.35. The van der Waals surface area contributed by atoms with Gasteiger partial charge in [0.25, 0.3) is 11.8 Å². The molecule has 1 aliphatic rings. The summed E-state index contributed by atoms with van der Waals surface area (Å²) in [5.74, 6) is 0.219. The van der Waals surface area contributed by atoms with E-state index in [1.54, 1.807) is 30.2 Å². The Morgan fingerprint density at radius 3 is 2.11 bits per heavy atom. The van der Waals surface area contributed by atoms with E-state index >= 15 is 0 Å². The molecule has 3 amide bonds. The molecular weight excluding hydrogens is 442 g/mol. The Balaban J connectivity index is 1.74. The summed E-state index contributed by atoms with van der Waals surface area (Å²) in [4.78, 5) is 41.3. The third kappa shape index (κ3) is 6.41. The summed E-state index contributed by atoms with van der Waals surface area (Å²) in [6.07, 6.45) is 1.23. The van der Waals surface area contributed by atoms with E-state index in [1.165, 1.54) is 0 Å². The minimum atomic E-state index is -0.674. The Kier molecular flexibility index (Phi) is 8.90. The van der Waals surface area contributed by atoms with Gasteiger partial charge in [0, 0.05) is 24.7 Å². The summed E-state index contributed by atoms with van der Waals surface area (Å²) < 4.78 is 5.35. The van der Waals surface area contributed by atoms with E-state index in [4.69, 9.17) is 4.74 Å². The number of rotatable bonds is 8. The highest BCUT2D eigenvalue weighted by Gasteiger charge is 2.35. The molecule has 0 aromatic heterocycles. The van der Waals surface area contributed by atoms with Crippen molar-refractivity contribution in [2.24, 2.45) is 11.8 Å². The predicted octanol–water partition coefficient (Wildman–Crippen LogP) is 3.82. The van der Waals surface area contributed by atoms with Crippen molar-refractivity contribution in [2.45, 2.75) is 52.6 Å². The van der Waals surface area contributed by atoms with E-state index in [0.29, 0.717) is 42.8 Å². The normalized spacial score (nSPS) is 15.9. The Bertz CT molecular complexity index is 1040. The lowest BCUT2D eigenvalue weighted by atomic mass is 9.87. The molecule has 1 aliphatic heterocycles. The van der Waals surface area contributed by atoms with Crippen molar-refractivity contribution >= 4 is 17.7 Å². The average molecular weight is 480 g/mol. The van der Waals surface area contributed by atoms with Gasteiger partial charge >= 0.3 is 0 Å². The lowest BCUT2D eigenvalue weighted by molar-refractivity contribution is -0.125. The maximum absolute atomic E-state index is 13.3. The maximum Gasteiger partial charge on any atom is 0.257 e. The number of carbonyl (C=O) groups is 3. The van der Waals surface area contributed by atoms with Crippen LogP contribution in [0, 0.1) is 18.8 Å². The second-order valence-corrected chi connectivity index (χ2v) is 9.64. The predicted molar refractivity (Wildman–Crippen MR) is 136 cm³/mol. The number of hydrogen-bond acceptors (Lipinski definition) is 4. The monoisotopic (exact) mass is 479 g/mol. The lowest BCUT2D eigenvalue weighted by Crippen LogP contribution is -2.55. The SMILES string of the molecule is COc1ccccc1C(=O)N1CCC([C@@H](NC(=O)c2ccccc2C)C(=O)N[C@H](C)C(C)C)CC1. The molecule has 0 aliphatic carbocycles. The number of para-hydroxylation sites is 1. The van der Waals surface area contributed by atoms with Gasteiger partial charge < -0.3 is 20.3 Å². The molecule has 1 fully saturated rings. The Morgan fingerprint density at radius 1 is 0.914 bits per heavy atom. The second kappa shape index (κ2) is 11.9. The second-order valence-electron chi connectivity index (χ2n) is 9.64. The molecule has 2 aromatic carbocycles. The van der Waals surface area contributed by atoms with Crippen molar-refractivity contribution in [1.82, 2.24) is 15.5 Å². The van der Waals surface area contributed by atoms with Gasteiger partial charge in [0.1, 0.15) is 11.8 Å². The Morgan fingerprint density at radius 2 is 1.51 bits per heavy atom. The van der Waals surface area contributed by atoms with E-state index in [9.17, 15) is 14.4 Å². The van der Waals surface area contributed by atoms with Crippen molar-refractivity contribution in [3.05, 3.63) is 65.2 Å². The van der Waals surface area contributed by atoms with Gasteiger partial charge in [-0.15, -0.1) is 0 Å². The number of methoxy groups -OCH3 is 1. The number of piperidine rings is 1. The number of ether oxygens (including phenoxy) is 1. The van der Waals surface area contributed by atoms with Gasteiger partial charge in [-0.05, 0) is 62.3 Å². The standard InChI is InChI=1S/C28H37N3O4/c1-18(2)20(4)29-27(33)25(30-26(32)22-11-7-6-10-19(22)3)21-14-16-31(17-15-21)28(34)23-12-8-9-13-24(23)35-5/h6-13,18,20-21,25H,14-17H2,1-5H3,(H,29,33)(H,30,32)/t20-,25-/m1/s1. The number of benzene rings is 2. The van der Waals surface area contributed by atoms with Gasteiger partial charge in [0.2, 0.25) is 5.91 Å². The third-order valence-electron chi connectivity index (χ3n) is 6.96. The van der Waals surface area contributed by atoms with E-state index in [-0.39, 0.29) is 35.6 Å². The highest BCUT2D eigenvalue weighted by molar-refractivity contribution is 5.99. The molecule has 0 spiro atoms. The molecule has 7 heteroatoms. The Labute approximate surface area is 208 Å². The van der Waals surface area contributed by atoms with Gasteiger partial charge in [-0.1, -0.05) is 44.2 Å². The Hall–Kier alpha value is -3.35. The van der Waals surface area contributed by atoms with E-state index < -0.39 is 6.04 Å². The van der Waals surface area contributed by atoms with Crippen LogP contribution < -0.4 is 15.4 Å². The highest BCUT2D eigenvalue weighted by Crippen LogP contribution is 2.26. The number of amides is 3. The van der Waals surface area contributed by atoms with Crippen molar-refractivity contribution in [1.29, 1.82) is 0 Å². The smallest absolute Gasteiger partial charge is 0.257 e. The minimum Gasteiger partial charge on any atom is -0.496 e. The molecule has 0 unspecified atom stereocenters. The number of nitrogens with zero attached hydrogens (tertiary/aromatic N) is 1. The fourth-order valence-corrected chi connectivity index (χ4v) is 4.35. The molecule has 1 saturated heterocycles. The maximum atomic E-state index is 13.3. The van der Waals surface area contributed by atoms with Crippen LogP contribution in [0.3, 0.4) is 0 Å². The zero-order valence-electron chi connectivity index (χ0n) is 21.3. The first-order valence-electron chi connectivity index (χ1n) is 12.3. The number of likely N-dealkylation sites (tertiary alicyclic amines) is 1. The molecule has 2 aromatic rings. The van der Waals surface area contributed by atoms with Crippen molar-refractivity contribution in [3.63, 3.8) is 0 Å². The van der Waals surface area contributed by atoms with Gasteiger partial charge in [-0.25, -0.2) is 0 Å². The molecule has 1 heterocycles. The molecule has 188 valence electrons. The van der Waals surface area contributed by atoms with Crippen LogP contribution in [0.1, 0.15) is 59.9 Å². The first-order valence-corrected chi connectivity index (χ1v) is 12.3. The van der Waals surface area contributed by atoms with Gasteiger partial charge in [0.15, 0.2) is 0 Å². The molecule has 35 heavy (non-hydrogen) atoms. The topological polar surface area (TPSA) is 87.7 Å². The van der Waals surface area contributed by atoms with Crippen LogP contribution >= 0.6 is 0 Å². The van der Waals surface area contributed by atoms with E-state index in [0.717, 1.165) is 5.56 Å². The quantitative estimate of drug-likeness (QED) is 0.603. The van der Waals surface area contributed by atoms with Crippen molar-refractivity contribution < 1.29 is 19.1 Å². The summed E-state index contributed by atoms with van der Waals surface area (Å²) in [5, 5.41) is 6.08. The van der Waals surface area contributed by atoms with Crippen LogP contribution in [-0.4, -0.2) is 54.9 Å². The van der Waals surface area contributed by atoms with Gasteiger partial charge in [-0.3, -0.25) is 14.4 Å². The van der Waals surface area contributed by atoms with Gasteiger partial charge in [0.05, 0.1) is 12.7 Å². The van der Waals surface area contributed by atoms with E-state index in [2.05, 4.69) is 10.6 Å². The summed E-state index contributed by atoms with van der Waals surface area (Å²) >= 11 is 0. The molecule has 0 bridgehead atoms. The molecule has 3 rings (SSSR count). The van der Waals surface area contributed by atoms with Crippen LogP contribution in [0.5, 0.6) is 5.75 Å². The zero-order chi connectivity index (χ0) is 25.5. The van der Waals surface area contributed by atoms with Gasteiger partial charge in [-0.2, -0.15) is 0 Å². The molecule has 2 N–H and O–H groups in total. The van der Waals surface area contributed by atoms with Crippen molar-refractivity contribution in [3.8, 4) is 5.75 Å². The van der Waals surface area contributed by atoms with Crippen LogP contribution in [0.15, 0.2) is 48.5 Å². The zero-order valence-corrected chi connectivity index (χ0v) is 21.3. The molecule has 2 atom stereocenters. The number of hydrogen-bond donors (Lipinski definition) is 2. The largest absolute Gasteiger partial charge is 0.496 e. The first kappa shape index (κ1) is 26.3. The van der Waals surface area contributed by atoms with Crippen molar-refractivity contribution in [2.75, 3.05) is 20.2 Å². The molecule has 0 radical (unpaired) electrons. The first-order chi connectivity index (χ1) is 16.7. The molecular formula is C28H37N3O4. The van der Waals surface area contributed by atoms with Crippen LogP contribution in [0.2, 0.25) is 0 Å². The summed E-state index contributed by atoms with van der Waals surface area (Å²) in [6.45, 7) is 8.96. The third-order valence-corrected chi connectivity index (χ3v) is 6.96. The lowest BCUT2D eigenvalue weighted by Gasteiger charge is -2.36. The fraction of sp³-hybridized carbons (Fsp3) is 0.464. The molecule has 7 nitrogen and oxygen atoms in total. The highest BCUT2D eigenvalue weighted by atomic mass is 16.5. The summed E-state index contributed by atoms with van der Waals surface area (Å²) in [7, 11) is 1.55.